The summed E-state index contributed by atoms with van der Waals surface area (Å²) in [6.45, 7) is 5.40. The maximum Gasteiger partial charge on any atom is 0.261 e. The number of amides is 1. The Morgan fingerprint density at radius 3 is 2.63 bits per heavy atom. The van der Waals surface area contributed by atoms with Crippen molar-refractivity contribution in [2.45, 2.75) is 26.4 Å². The lowest BCUT2D eigenvalue weighted by molar-refractivity contribution is -0.128. The number of para-hydroxylation sites is 1. The first-order valence-electron chi connectivity index (χ1n) is 6.69. The third-order valence-electron chi connectivity index (χ3n) is 2.88. The maximum absolute atomic E-state index is 12.0. The first-order valence-corrected chi connectivity index (χ1v) is 6.69. The maximum atomic E-state index is 12.0. The van der Waals surface area contributed by atoms with Gasteiger partial charge in [-0.05, 0) is 39.1 Å². The van der Waals surface area contributed by atoms with Gasteiger partial charge in [0, 0.05) is 13.1 Å². The Labute approximate surface area is 115 Å². The van der Waals surface area contributed by atoms with E-state index < -0.39 is 6.10 Å². The van der Waals surface area contributed by atoms with Gasteiger partial charge in [0.25, 0.3) is 5.91 Å². The summed E-state index contributed by atoms with van der Waals surface area (Å²) in [5.41, 5.74) is 1.04. The smallest absolute Gasteiger partial charge is 0.261 e. The predicted molar refractivity (Wildman–Crippen MR) is 77.4 cm³/mol. The first kappa shape index (κ1) is 15.5. The zero-order valence-electron chi connectivity index (χ0n) is 12.3. The van der Waals surface area contributed by atoms with Crippen molar-refractivity contribution in [1.29, 1.82) is 0 Å². The van der Waals surface area contributed by atoms with Crippen LogP contribution in [0.2, 0.25) is 0 Å². The Morgan fingerprint density at radius 1 is 1.37 bits per heavy atom. The number of rotatable bonds is 7. The van der Waals surface area contributed by atoms with E-state index in [2.05, 4.69) is 5.32 Å². The summed E-state index contributed by atoms with van der Waals surface area (Å²) in [6.07, 6.45) is 0.227. The SMILES string of the molecule is CCC(Oc1ccccc1C)C(=O)NCCN(C)C. The molecule has 4 nitrogen and oxygen atoms in total. The van der Waals surface area contributed by atoms with Gasteiger partial charge in [-0.1, -0.05) is 25.1 Å². The summed E-state index contributed by atoms with van der Waals surface area (Å²) < 4.78 is 5.79. The Bertz CT molecular complexity index is 405. The molecule has 1 amide bonds. The van der Waals surface area contributed by atoms with Gasteiger partial charge in [-0.15, -0.1) is 0 Å². The van der Waals surface area contributed by atoms with E-state index in [-0.39, 0.29) is 5.91 Å². The standard InChI is InChI=1S/C15H24N2O2/c1-5-13(15(18)16-10-11-17(3)4)19-14-9-7-6-8-12(14)2/h6-9,13H,5,10-11H2,1-4H3,(H,16,18). The largest absolute Gasteiger partial charge is 0.480 e. The van der Waals surface area contributed by atoms with Gasteiger partial charge < -0.3 is 15.0 Å². The number of hydrogen-bond acceptors (Lipinski definition) is 3. The molecule has 1 atom stereocenters. The van der Waals surface area contributed by atoms with E-state index in [4.69, 9.17) is 4.74 Å². The summed E-state index contributed by atoms with van der Waals surface area (Å²) in [6, 6.07) is 7.75. The van der Waals surface area contributed by atoms with Gasteiger partial charge >= 0.3 is 0 Å². The number of likely N-dealkylation sites (N-methyl/N-ethyl adjacent to an activating group) is 1. The van der Waals surface area contributed by atoms with Crippen molar-refractivity contribution in [3.05, 3.63) is 29.8 Å². The van der Waals surface area contributed by atoms with Crippen LogP contribution in [-0.4, -0.2) is 44.1 Å². The van der Waals surface area contributed by atoms with Gasteiger partial charge in [-0.2, -0.15) is 0 Å². The van der Waals surface area contributed by atoms with Gasteiger partial charge in [-0.25, -0.2) is 0 Å². The monoisotopic (exact) mass is 264 g/mol. The number of hydrogen-bond donors (Lipinski definition) is 1. The molecule has 0 aliphatic carbocycles. The molecule has 0 heterocycles. The van der Waals surface area contributed by atoms with Crippen molar-refractivity contribution in [3.8, 4) is 5.75 Å². The van der Waals surface area contributed by atoms with Crippen LogP contribution in [0.5, 0.6) is 5.75 Å². The molecule has 106 valence electrons. The highest BCUT2D eigenvalue weighted by Gasteiger charge is 2.18. The molecule has 1 N–H and O–H groups in total. The third-order valence-corrected chi connectivity index (χ3v) is 2.88. The van der Waals surface area contributed by atoms with Gasteiger partial charge in [0.2, 0.25) is 0 Å². The Balaban J connectivity index is 2.53. The summed E-state index contributed by atoms with van der Waals surface area (Å²) >= 11 is 0. The second-order valence-corrected chi connectivity index (χ2v) is 4.87. The minimum atomic E-state index is -0.428. The predicted octanol–water partition coefficient (Wildman–Crippen LogP) is 1.83. The highest BCUT2D eigenvalue weighted by atomic mass is 16.5. The lowest BCUT2D eigenvalue weighted by Crippen LogP contribution is -2.40. The summed E-state index contributed by atoms with van der Waals surface area (Å²) in [5, 5.41) is 2.90. The van der Waals surface area contributed by atoms with Gasteiger partial charge in [0.1, 0.15) is 5.75 Å². The normalized spacial score (nSPS) is 12.3. The van der Waals surface area contributed by atoms with Crippen LogP contribution in [0.25, 0.3) is 0 Å². The minimum absolute atomic E-state index is 0.0485. The van der Waals surface area contributed by atoms with Crippen LogP contribution in [-0.2, 0) is 4.79 Å². The molecule has 0 aliphatic heterocycles. The minimum Gasteiger partial charge on any atom is -0.480 e. The Kier molecular flexibility index (Phi) is 6.36. The molecule has 0 saturated heterocycles. The number of nitrogens with one attached hydrogen (secondary N) is 1. The topological polar surface area (TPSA) is 41.6 Å². The van der Waals surface area contributed by atoms with Crippen molar-refractivity contribution < 1.29 is 9.53 Å². The van der Waals surface area contributed by atoms with E-state index >= 15 is 0 Å². The summed E-state index contributed by atoms with van der Waals surface area (Å²) in [5.74, 6) is 0.727. The Morgan fingerprint density at radius 2 is 2.05 bits per heavy atom. The van der Waals surface area contributed by atoms with Crippen molar-refractivity contribution in [1.82, 2.24) is 10.2 Å². The Hall–Kier alpha value is -1.55. The molecule has 1 aromatic carbocycles. The molecule has 1 rings (SSSR count). The fourth-order valence-electron chi connectivity index (χ4n) is 1.68. The molecule has 4 heteroatoms. The zero-order valence-corrected chi connectivity index (χ0v) is 12.3. The second kappa shape index (κ2) is 7.79. The molecule has 0 spiro atoms. The number of benzene rings is 1. The molecule has 0 aromatic heterocycles. The van der Waals surface area contributed by atoms with Crippen molar-refractivity contribution in [3.63, 3.8) is 0 Å². The highest BCUT2D eigenvalue weighted by molar-refractivity contribution is 5.81. The molecule has 0 bridgehead atoms. The van der Waals surface area contributed by atoms with Crippen molar-refractivity contribution in [2.75, 3.05) is 27.2 Å². The highest BCUT2D eigenvalue weighted by Crippen LogP contribution is 2.18. The van der Waals surface area contributed by atoms with Crippen LogP contribution in [0.1, 0.15) is 18.9 Å². The first-order chi connectivity index (χ1) is 9.04. The van der Waals surface area contributed by atoms with E-state index in [9.17, 15) is 4.79 Å². The van der Waals surface area contributed by atoms with Gasteiger partial charge in [0.05, 0.1) is 0 Å². The second-order valence-electron chi connectivity index (χ2n) is 4.87. The lowest BCUT2D eigenvalue weighted by atomic mass is 10.2. The summed E-state index contributed by atoms with van der Waals surface area (Å²) in [4.78, 5) is 14.0. The number of carbonyl (C=O) groups is 1. The van der Waals surface area contributed by atoms with Gasteiger partial charge in [-0.3, -0.25) is 4.79 Å². The average Bonchev–Trinajstić information content (AvgIpc) is 2.37. The average molecular weight is 264 g/mol. The number of carbonyl (C=O) groups excluding carboxylic acids is 1. The molecule has 19 heavy (non-hydrogen) atoms. The van der Waals surface area contributed by atoms with Crippen molar-refractivity contribution in [2.24, 2.45) is 0 Å². The fourth-order valence-corrected chi connectivity index (χ4v) is 1.68. The van der Waals surface area contributed by atoms with Crippen LogP contribution in [0, 0.1) is 6.92 Å². The summed E-state index contributed by atoms with van der Waals surface area (Å²) in [7, 11) is 3.96. The third kappa shape index (κ3) is 5.30. The van der Waals surface area contributed by atoms with Gasteiger partial charge in [0.15, 0.2) is 6.10 Å². The number of ether oxygens (including phenoxy) is 1. The van der Waals surface area contributed by atoms with Crippen molar-refractivity contribution >= 4 is 5.91 Å². The molecule has 1 unspecified atom stereocenters. The molecule has 0 aliphatic rings. The molecule has 0 radical (unpaired) electrons. The van der Waals surface area contributed by atoms with E-state index in [1.54, 1.807) is 0 Å². The molecular weight excluding hydrogens is 240 g/mol. The number of nitrogens with zero attached hydrogens (tertiary/aromatic N) is 1. The molecule has 0 fully saturated rings. The van der Waals surface area contributed by atoms with Crippen LogP contribution >= 0.6 is 0 Å². The van der Waals surface area contributed by atoms with E-state index in [1.807, 2.05) is 57.1 Å². The zero-order chi connectivity index (χ0) is 14.3. The van der Waals surface area contributed by atoms with Crippen LogP contribution in [0.4, 0.5) is 0 Å². The number of aryl methyl sites for hydroxylation is 1. The fraction of sp³-hybridized carbons (Fsp3) is 0.533. The lowest BCUT2D eigenvalue weighted by Gasteiger charge is -2.19. The molecule has 1 aromatic rings. The van der Waals surface area contributed by atoms with Crippen LogP contribution in [0.3, 0.4) is 0 Å². The molecule has 0 saturated carbocycles. The van der Waals surface area contributed by atoms with E-state index in [1.165, 1.54) is 0 Å². The quantitative estimate of drug-likeness (QED) is 0.817. The van der Waals surface area contributed by atoms with Crippen LogP contribution < -0.4 is 10.1 Å². The van der Waals surface area contributed by atoms with E-state index in [0.29, 0.717) is 13.0 Å². The van der Waals surface area contributed by atoms with Crippen LogP contribution in [0.15, 0.2) is 24.3 Å². The van der Waals surface area contributed by atoms with E-state index in [0.717, 1.165) is 17.9 Å². The molecular formula is C15H24N2O2.